The zero-order valence-electron chi connectivity index (χ0n) is 15.6. The zero-order chi connectivity index (χ0) is 18.7. The lowest BCUT2D eigenvalue weighted by atomic mass is 9.93. The van der Waals surface area contributed by atoms with Crippen LogP contribution in [0, 0.1) is 11.2 Å². The summed E-state index contributed by atoms with van der Waals surface area (Å²) in [5, 5.41) is 2.01. The van der Waals surface area contributed by atoms with Gasteiger partial charge in [-0.3, -0.25) is 14.6 Å². The molecule has 1 saturated heterocycles. The average Bonchev–Trinajstić information content (AvgIpc) is 3.14. The highest BCUT2D eigenvalue weighted by Gasteiger charge is 2.38. The van der Waals surface area contributed by atoms with E-state index in [0.717, 1.165) is 31.6 Å². The van der Waals surface area contributed by atoms with E-state index < -0.39 is 5.41 Å². The van der Waals surface area contributed by atoms with E-state index >= 15 is 0 Å². The van der Waals surface area contributed by atoms with Crippen LogP contribution in [0.15, 0.2) is 35.2 Å². The first-order valence-corrected chi connectivity index (χ1v) is 10.0. The van der Waals surface area contributed by atoms with Gasteiger partial charge in [-0.1, -0.05) is 27.2 Å². The van der Waals surface area contributed by atoms with Crippen molar-refractivity contribution in [2.45, 2.75) is 46.2 Å². The lowest BCUT2D eigenvalue weighted by Crippen LogP contribution is -2.50. The predicted octanol–water partition coefficient (Wildman–Crippen LogP) is 4.85. The van der Waals surface area contributed by atoms with Crippen LogP contribution >= 0.6 is 11.3 Å². The van der Waals surface area contributed by atoms with Gasteiger partial charge in [0.2, 0.25) is 5.91 Å². The lowest BCUT2D eigenvalue weighted by molar-refractivity contribution is -0.127. The van der Waals surface area contributed by atoms with Gasteiger partial charge in [-0.2, -0.15) is 0 Å². The molecule has 1 fully saturated rings. The van der Waals surface area contributed by atoms with Crippen molar-refractivity contribution >= 4 is 22.9 Å². The molecule has 1 unspecified atom stereocenters. The largest absolute Gasteiger partial charge is 0.290 e. The minimum atomic E-state index is -0.557. The van der Waals surface area contributed by atoms with E-state index in [9.17, 15) is 9.18 Å². The van der Waals surface area contributed by atoms with Crippen LogP contribution in [0.4, 0.5) is 10.1 Å². The normalized spacial score (nSPS) is 17.1. The van der Waals surface area contributed by atoms with Gasteiger partial charge in [0.1, 0.15) is 12.0 Å². The Hall–Kier alpha value is -1.79. The third kappa shape index (κ3) is 4.13. The summed E-state index contributed by atoms with van der Waals surface area (Å²) in [6, 6.07) is 6.18. The fraction of sp³-hybridized carbons (Fsp3) is 0.500. The first-order valence-electron chi connectivity index (χ1n) is 9.09. The Bertz CT molecular complexity index is 719. The van der Waals surface area contributed by atoms with Crippen LogP contribution in [0.5, 0.6) is 0 Å². The molecule has 2 aromatic rings. The number of benzene rings is 1. The maximum Gasteiger partial charge on any atom is 0.234 e. The van der Waals surface area contributed by atoms with E-state index in [-0.39, 0.29) is 17.9 Å². The summed E-state index contributed by atoms with van der Waals surface area (Å²) in [7, 11) is 0. The Morgan fingerprint density at radius 1 is 1.19 bits per heavy atom. The monoisotopic (exact) mass is 375 g/mol. The molecule has 0 aliphatic carbocycles. The predicted molar refractivity (Wildman–Crippen MR) is 104 cm³/mol. The molecule has 140 valence electrons. The Kier molecular flexibility index (Phi) is 5.73. The number of aromatic nitrogens is 1. The summed E-state index contributed by atoms with van der Waals surface area (Å²) in [6.07, 6.45) is 3.17. The highest BCUT2D eigenvalue weighted by molar-refractivity contribution is 7.07. The molecule has 1 aromatic heterocycles. The molecular formula is C20H26FN3OS. The molecular weight excluding hydrogens is 349 g/mol. The van der Waals surface area contributed by atoms with Crippen LogP contribution in [0.2, 0.25) is 0 Å². The molecule has 2 heterocycles. The van der Waals surface area contributed by atoms with Gasteiger partial charge in [-0.15, -0.1) is 11.3 Å². The zero-order valence-corrected chi connectivity index (χ0v) is 16.4. The fourth-order valence-corrected chi connectivity index (χ4v) is 3.89. The molecule has 4 nitrogen and oxygen atoms in total. The van der Waals surface area contributed by atoms with Crippen molar-refractivity contribution in [3.05, 3.63) is 46.7 Å². The van der Waals surface area contributed by atoms with Gasteiger partial charge in [-0.25, -0.2) is 9.37 Å². The maximum absolute atomic E-state index is 13.5. The number of rotatable bonds is 4. The summed E-state index contributed by atoms with van der Waals surface area (Å²) in [5.41, 5.74) is 2.82. The second kappa shape index (κ2) is 7.84. The van der Waals surface area contributed by atoms with Crippen molar-refractivity contribution in [1.29, 1.82) is 0 Å². The van der Waals surface area contributed by atoms with Crippen LogP contribution in [0.1, 0.15) is 51.9 Å². The molecule has 0 saturated carbocycles. The molecule has 0 N–H and O–H groups in total. The van der Waals surface area contributed by atoms with E-state index in [0.29, 0.717) is 5.69 Å². The molecule has 6 heteroatoms. The Labute approximate surface area is 158 Å². The fourth-order valence-electron chi connectivity index (χ4n) is 3.33. The van der Waals surface area contributed by atoms with Crippen LogP contribution < -0.4 is 4.90 Å². The highest BCUT2D eigenvalue weighted by atomic mass is 32.1. The molecule has 0 radical (unpaired) electrons. The van der Waals surface area contributed by atoms with Gasteiger partial charge in [0.15, 0.2) is 0 Å². The second-order valence-electron chi connectivity index (χ2n) is 7.79. The van der Waals surface area contributed by atoms with Crippen LogP contribution in [-0.4, -0.2) is 28.9 Å². The number of hydrogen-bond acceptors (Lipinski definition) is 4. The summed E-state index contributed by atoms with van der Waals surface area (Å²) in [6.45, 7) is 7.61. The van der Waals surface area contributed by atoms with Crippen LogP contribution in [0.3, 0.4) is 0 Å². The van der Waals surface area contributed by atoms with Crippen LogP contribution in [0.25, 0.3) is 0 Å². The summed E-state index contributed by atoms with van der Waals surface area (Å²) >= 11 is 1.53. The minimum absolute atomic E-state index is 0.00711. The van der Waals surface area contributed by atoms with Gasteiger partial charge in [0.25, 0.3) is 0 Å². The van der Waals surface area contributed by atoms with Crippen molar-refractivity contribution in [3.63, 3.8) is 0 Å². The number of nitrogens with zero attached hydrogens (tertiary/aromatic N) is 3. The van der Waals surface area contributed by atoms with E-state index in [2.05, 4.69) is 9.88 Å². The Morgan fingerprint density at radius 3 is 2.38 bits per heavy atom. The van der Waals surface area contributed by atoms with E-state index in [4.69, 9.17) is 0 Å². The number of carbonyl (C=O) groups excluding carboxylic acids is 1. The number of amides is 1. The van der Waals surface area contributed by atoms with E-state index in [1.807, 2.05) is 26.2 Å². The molecule has 1 aliphatic heterocycles. The highest BCUT2D eigenvalue weighted by Crippen LogP contribution is 2.35. The average molecular weight is 376 g/mol. The Balaban J connectivity index is 2.08. The molecule has 26 heavy (non-hydrogen) atoms. The van der Waals surface area contributed by atoms with Gasteiger partial charge in [0, 0.05) is 29.6 Å². The number of thiazole rings is 1. The molecule has 1 aromatic carbocycles. The number of carbonyl (C=O) groups is 1. The van der Waals surface area contributed by atoms with Crippen molar-refractivity contribution < 1.29 is 9.18 Å². The van der Waals surface area contributed by atoms with Crippen LogP contribution in [-0.2, 0) is 4.79 Å². The number of likely N-dealkylation sites (tertiary alicyclic amines) is 1. The molecule has 1 aliphatic rings. The molecule has 0 bridgehead atoms. The van der Waals surface area contributed by atoms with Gasteiger partial charge >= 0.3 is 0 Å². The number of hydrogen-bond donors (Lipinski definition) is 0. The standard InChI is InChI=1S/C20H26FN3OS/c1-20(2,3)19(25)24(16-9-7-15(21)8-10-16)18(17-13-26-14-22-17)23-11-5-4-6-12-23/h7-10,13-14,18H,4-6,11-12H2,1-3H3. The van der Waals surface area contributed by atoms with E-state index in [1.54, 1.807) is 22.5 Å². The first-order chi connectivity index (χ1) is 12.4. The smallest absolute Gasteiger partial charge is 0.234 e. The Morgan fingerprint density at radius 2 is 1.85 bits per heavy atom. The summed E-state index contributed by atoms with van der Waals surface area (Å²) in [5.74, 6) is -0.298. The molecule has 1 amide bonds. The number of piperidine rings is 1. The third-order valence-corrected chi connectivity index (χ3v) is 5.27. The quantitative estimate of drug-likeness (QED) is 0.767. The van der Waals surface area contributed by atoms with Crippen molar-refractivity contribution in [2.24, 2.45) is 5.41 Å². The number of anilines is 1. The maximum atomic E-state index is 13.5. The molecule has 0 spiro atoms. The topological polar surface area (TPSA) is 36.4 Å². The second-order valence-corrected chi connectivity index (χ2v) is 8.50. The van der Waals surface area contributed by atoms with Crippen molar-refractivity contribution in [3.8, 4) is 0 Å². The summed E-state index contributed by atoms with van der Waals surface area (Å²) < 4.78 is 13.5. The van der Waals surface area contributed by atoms with E-state index in [1.165, 1.54) is 29.9 Å². The first kappa shape index (κ1) is 19.0. The van der Waals surface area contributed by atoms with Crippen molar-refractivity contribution in [2.75, 3.05) is 18.0 Å². The summed E-state index contributed by atoms with van der Waals surface area (Å²) in [4.78, 5) is 22.1. The third-order valence-electron chi connectivity index (χ3n) is 4.66. The lowest BCUT2D eigenvalue weighted by Gasteiger charge is -2.42. The SMILES string of the molecule is CC(C)(C)C(=O)N(c1ccc(F)cc1)C(c1cscn1)N1CCCCC1. The number of halogens is 1. The van der Waals surface area contributed by atoms with Gasteiger partial charge < -0.3 is 0 Å². The minimum Gasteiger partial charge on any atom is -0.290 e. The molecule has 3 rings (SSSR count). The molecule has 1 atom stereocenters. The van der Waals surface area contributed by atoms with Crippen molar-refractivity contribution in [1.82, 2.24) is 9.88 Å². The van der Waals surface area contributed by atoms with Gasteiger partial charge in [-0.05, 0) is 37.1 Å². The van der Waals surface area contributed by atoms with Gasteiger partial charge in [0.05, 0.1) is 11.2 Å².